The van der Waals surface area contributed by atoms with Crippen molar-refractivity contribution in [3.05, 3.63) is 30.1 Å². The highest BCUT2D eigenvalue weighted by molar-refractivity contribution is 5.68. The zero-order chi connectivity index (χ0) is 11.7. The molecule has 2 aliphatic rings. The largest absolute Gasteiger partial charge is 0.495 e. The number of aromatic nitrogens is 1. The second kappa shape index (κ2) is 4.49. The first kappa shape index (κ1) is 10.8. The van der Waals surface area contributed by atoms with Gasteiger partial charge in [0.25, 0.3) is 0 Å². The molecule has 0 saturated carbocycles. The van der Waals surface area contributed by atoms with E-state index < -0.39 is 0 Å². The van der Waals surface area contributed by atoms with Gasteiger partial charge in [-0.25, -0.2) is 0 Å². The second-order valence-corrected chi connectivity index (χ2v) is 4.91. The molecule has 0 aromatic carbocycles. The van der Waals surface area contributed by atoms with Crippen molar-refractivity contribution in [2.75, 3.05) is 7.11 Å². The molecular formula is C14H18N2O. The summed E-state index contributed by atoms with van der Waals surface area (Å²) in [7, 11) is 1.69. The maximum absolute atomic E-state index is 5.23. The molecule has 3 rings (SSSR count). The Morgan fingerprint density at radius 3 is 3.12 bits per heavy atom. The Labute approximate surface area is 102 Å². The van der Waals surface area contributed by atoms with E-state index in [1.165, 1.54) is 30.4 Å². The van der Waals surface area contributed by atoms with Crippen LogP contribution in [0.3, 0.4) is 0 Å². The van der Waals surface area contributed by atoms with E-state index in [9.17, 15) is 0 Å². The number of hydrogen-bond acceptors (Lipinski definition) is 3. The Kier molecular flexibility index (Phi) is 2.85. The van der Waals surface area contributed by atoms with Gasteiger partial charge in [-0.05, 0) is 36.5 Å². The number of pyridine rings is 1. The molecule has 3 heteroatoms. The van der Waals surface area contributed by atoms with Crippen LogP contribution in [-0.2, 0) is 0 Å². The monoisotopic (exact) mass is 230 g/mol. The lowest BCUT2D eigenvalue weighted by molar-refractivity contribution is 0.348. The predicted molar refractivity (Wildman–Crippen MR) is 67.9 cm³/mol. The van der Waals surface area contributed by atoms with Gasteiger partial charge in [-0.2, -0.15) is 0 Å². The Morgan fingerprint density at radius 2 is 2.29 bits per heavy atom. The van der Waals surface area contributed by atoms with E-state index in [0.717, 1.165) is 12.2 Å². The number of nitrogens with one attached hydrogen (secondary N) is 1. The molecule has 2 aliphatic heterocycles. The molecule has 17 heavy (non-hydrogen) atoms. The molecule has 2 atom stereocenters. The first-order valence-electron chi connectivity index (χ1n) is 6.31. The van der Waals surface area contributed by atoms with Gasteiger partial charge >= 0.3 is 0 Å². The van der Waals surface area contributed by atoms with Crippen molar-refractivity contribution in [1.82, 2.24) is 10.3 Å². The smallest absolute Gasteiger partial charge is 0.137 e. The van der Waals surface area contributed by atoms with Crippen molar-refractivity contribution in [3.8, 4) is 5.75 Å². The fourth-order valence-electron chi connectivity index (χ4n) is 2.84. The number of methoxy groups -OCH3 is 1. The fourth-order valence-corrected chi connectivity index (χ4v) is 2.84. The summed E-state index contributed by atoms with van der Waals surface area (Å²) in [5.74, 6) is 0.840. The topological polar surface area (TPSA) is 34.1 Å². The first-order valence-corrected chi connectivity index (χ1v) is 6.31. The second-order valence-electron chi connectivity index (χ2n) is 4.91. The van der Waals surface area contributed by atoms with Crippen LogP contribution in [0.1, 0.15) is 31.2 Å². The van der Waals surface area contributed by atoms with Gasteiger partial charge < -0.3 is 10.1 Å². The van der Waals surface area contributed by atoms with Crippen LogP contribution in [0.2, 0.25) is 0 Å². The van der Waals surface area contributed by atoms with E-state index in [-0.39, 0.29) is 0 Å². The number of hydrogen-bond donors (Lipinski definition) is 1. The zero-order valence-electron chi connectivity index (χ0n) is 10.1. The maximum atomic E-state index is 5.23. The lowest BCUT2D eigenvalue weighted by Crippen LogP contribution is -2.44. The van der Waals surface area contributed by atoms with E-state index in [4.69, 9.17) is 4.74 Å². The van der Waals surface area contributed by atoms with Crippen LogP contribution in [0.5, 0.6) is 5.75 Å². The Balaban J connectivity index is 1.90. The van der Waals surface area contributed by atoms with Crippen LogP contribution < -0.4 is 10.1 Å². The van der Waals surface area contributed by atoms with Crippen molar-refractivity contribution in [2.45, 2.75) is 37.8 Å². The summed E-state index contributed by atoms with van der Waals surface area (Å²) < 4.78 is 5.23. The minimum atomic E-state index is 0.559. The van der Waals surface area contributed by atoms with Gasteiger partial charge in [-0.15, -0.1) is 0 Å². The predicted octanol–water partition coefficient (Wildman–Crippen LogP) is 2.39. The van der Waals surface area contributed by atoms with Gasteiger partial charge in [0.1, 0.15) is 5.75 Å². The summed E-state index contributed by atoms with van der Waals surface area (Å²) in [5.41, 5.74) is 2.63. The molecule has 0 aliphatic carbocycles. The van der Waals surface area contributed by atoms with Gasteiger partial charge in [-0.1, -0.05) is 12.5 Å². The highest BCUT2D eigenvalue weighted by Gasteiger charge is 2.25. The summed E-state index contributed by atoms with van der Waals surface area (Å²) in [5, 5.41) is 3.65. The third-order valence-electron chi connectivity index (χ3n) is 3.71. The van der Waals surface area contributed by atoms with Crippen molar-refractivity contribution in [2.24, 2.45) is 0 Å². The molecular weight excluding hydrogens is 212 g/mol. The Bertz CT molecular complexity index is 442. The molecule has 1 fully saturated rings. The number of piperidine rings is 1. The SMILES string of the molecule is COc1cncc(C2=C[C@H]3CCC[C@@H](C2)N3)c1. The minimum absolute atomic E-state index is 0.559. The Morgan fingerprint density at radius 1 is 1.35 bits per heavy atom. The quantitative estimate of drug-likeness (QED) is 0.847. The number of rotatable bonds is 2. The van der Waals surface area contributed by atoms with Gasteiger partial charge in [0.2, 0.25) is 0 Å². The average molecular weight is 230 g/mol. The van der Waals surface area contributed by atoms with Crippen LogP contribution in [0, 0.1) is 0 Å². The highest BCUT2D eigenvalue weighted by atomic mass is 16.5. The summed E-state index contributed by atoms with van der Waals surface area (Å²) in [6, 6.07) is 3.29. The number of nitrogens with zero attached hydrogens (tertiary/aromatic N) is 1. The molecule has 3 nitrogen and oxygen atoms in total. The van der Waals surface area contributed by atoms with Crippen molar-refractivity contribution in [3.63, 3.8) is 0 Å². The molecule has 1 saturated heterocycles. The standard InChI is InChI=1S/C14H18N2O/c1-17-14-7-11(8-15-9-14)10-5-12-3-2-4-13(6-10)16-12/h5,7-9,12-13,16H,2-4,6H2,1H3/t12-,13+/m1/s1. The van der Waals surface area contributed by atoms with Crippen molar-refractivity contribution >= 4 is 5.57 Å². The fraction of sp³-hybridized carbons (Fsp3) is 0.500. The average Bonchev–Trinajstić information content (AvgIpc) is 2.38. The van der Waals surface area contributed by atoms with Crippen LogP contribution >= 0.6 is 0 Å². The molecule has 0 spiro atoms. The molecule has 1 N–H and O–H groups in total. The third kappa shape index (κ3) is 2.20. The molecule has 0 unspecified atom stereocenters. The molecule has 0 radical (unpaired) electrons. The van der Waals surface area contributed by atoms with E-state index in [1.807, 2.05) is 6.20 Å². The van der Waals surface area contributed by atoms with E-state index >= 15 is 0 Å². The summed E-state index contributed by atoms with van der Waals surface area (Å²) in [4.78, 5) is 4.24. The highest BCUT2D eigenvalue weighted by Crippen LogP contribution is 2.31. The van der Waals surface area contributed by atoms with Crippen molar-refractivity contribution < 1.29 is 4.74 Å². The molecule has 90 valence electrons. The van der Waals surface area contributed by atoms with Crippen LogP contribution in [0.25, 0.3) is 5.57 Å². The van der Waals surface area contributed by atoms with E-state index in [1.54, 1.807) is 13.3 Å². The van der Waals surface area contributed by atoms with Crippen molar-refractivity contribution in [1.29, 1.82) is 0 Å². The van der Waals surface area contributed by atoms with Gasteiger partial charge in [0.05, 0.1) is 13.3 Å². The minimum Gasteiger partial charge on any atom is -0.495 e. The van der Waals surface area contributed by atoms with Gasteiger partial charge in [0.15, 0.2) is 0 Å². The zero-order valence-corrected chi connectivity index (χ0v) is 10.1. The first-order chi connectivity index (χ1) is 8.35. The number of fused-ring (bicyclic) bond motifs is 2. The molecule has 1 aromatic heterocycles. The summed E-state index contributed by atoms with van der Waals surface area (Å²) in [6.45, 7) is 0. The molecule has 0 amide bonds. The molecule has 1 aromatic rings. The molecule has 3 heterocycles. The van der Waals surface area contributed by atoms with E-state index in [0.29, 0.717) is 12.1 Å². The van der Waals surface area contributed by atoms with Crippen LogP contribution in [-0.4, -0.2) is 24.2 Å². The van der Waals surface area contributed by atoms with E-state index in [2.05, 4.69) is 22.4 Å². The normalized spacial score (nSPS) is 27.5. The van der Waals surface area contributed by atoms with Gasteiger partial charge in [0, 0.05) is 18.3 Å². The third-order valence-corrected chi connectivity index (χ3v) is 3.71. The number of ether oxygens (including phenoxy) is 1. The summed E-state index contributed by atoms with van der Waals surface area (Å²) >= 11 is 0. The lowest BCUT2D eigenvalue weighted by Gasteiger charge is -2.35. The lowest BCUT2D eigenvalue weighted by atomic mass is 9.85. The maximum Gasteiger partial charge on any atom is 0.137 e. The summed E-state index contributed by atoms with van der Waals surface area (Å²) in [6.07, 6.45) is 11.1. The Hall–Kier alpha value is -1.35. The molecule has 2 bridgehead atoms. The van der Waals surface area contributed by atoms with Gasteiger partial charge in [-0.3, -0.25) is 4.98 Å². The van der Waals surface area contributed by atoms with Crippen LogP contribution in [0.15, 0.2) is 24.5 Å². The van der Waals surface area contributed by atoms with Crippen LogP contribution in [0.4, 0.5) is 0 Å².